The van der Waals surface area contributed by atoms with Gasteiger partial charge in [0.1, 0.15) is 5.69 Å². The van der Waals surface area contributed by atoms with Gasteiger partial charge in [-0.3, -0.25) is 14.9 Å². The summed E-state index contributed by atoms with van der Waals surface area (Å²) >= 11 is 0. The minimum absolute atomic E-state index is 0.0900. The Morgan fingerprint density at radius 1 is 1.30 bits per heavy atom. The molecular weight excluding hydrogens is 355 g/mol. The van der Waals surface area contributed by atoms with Crippen molar-refractivity contribution in [3.63, 3.8) is 0 Å². The molecule has 1 amide bonds. The molecule has 0 bridgehead atoms. The fourth-order valence-corrected chi connectivity index (χ4v) is 2.44. The molecule has 27 heavy (non-hydrogen) atoms. The van der Waals surface area contributed by atoms with Crippen molar-refractivity contribution in [2.45, 2.75) is 6.54 Å². The predicted octanol–water partition coefficient (Wildman–Crippen LogP) is 2.85. The van der Waals surface area contributed by atoms with Gasteiger partial charge < -0.3 is 20.3 Å². The number of nitrogens with one attached hydrogen (secondary N) is 2. The van der Waals surface area contributed by atoms with Crippen LogP contribution in [0, 0.1) is 15.9 Å². The molecule has 2 aromatic rings. The van der Waals surface area contributed by atoms with Gasteiger partial charge in [-0.2, -0.15) is 0 Å². The number of carbonyl (C=O) groups excluding carboxylic acids is 1. The second kappa shape index (κ2) is 8.95. The number of halogens is 1. The van der Waals surface area contributed by atoms with Gasteiger partial charge in [-0.05, 0) is 31.8 Å². The van der Waals surface area contributed by atoms with Crippen molar-refractivity contribution in [1.29, 1.82) is 0 Å². The molecular formula is C18H21FN4O4. The van der Waals surface area contributed by atoms with Crippen molar-refractivity contribution in [1.82, 2.24) is 4.90 Å². The number of carbonyl (C=O) groups is 1. The number of amides is 1. The maximum absolute atomic E-state index is 13.7. The Balaban J connectivity index is 2.14. The number of likely N-dealkylation sites (N-methyl/N-ethyl adjacent to an activating group) is 1. The summed E-state index contributed by atoms with van der Waals surface area (Å²) in [5.41, 5.74) is 1.16. The van der Waals surface area contributed by atoms with Crippen LogP contribution in [0.5, 0.6) is 5.75 Å². The van der Waals surface area contributed by atoms with Crippen LogP contribution in [0.4, 0.5) is 21.5 Å². The molecule has 0 saturated heterocycles. The highest BCUT2D eigenvalue weighted by molar-refractivity contribution is 5.92. The molecule has 2 N–H and O–H groups in total. The lowest BCUT2D eigenvalue weighted by Gasteiger charge is -2.12. The molecule has 2 rings (SSSR count). The Morgan fingerprint density at radius 3 is 2.67 bits per heavy atom. The Hall–Kier alpha value is -3.20. The van der Waals surface area contributed by atoms with E-state index in [4.69, 9.17) is 4.74 Å². The van der Waals surface area contributed by atoms with Crippen LogP contribution in [-0.4, -0.2) is 43.5 Å². The Bertz CT molecular complexity index is 842. The summed E-state index contributed by atoms with van der Waals surface area (Å²) in [5, 5.41) is 16.9. The summed E-state index contributed by atoms with van der Waals surface area (Å²) in [4.78, 5) is 24.1. The molecule has 0 unspecified atom stereocenters. The van der Waals surface area contributed by atoms with Crippen LogP contribution in [-0.2, 0) is 11.3 Å². The molecule has 0 spiro atoms. The average Bonchev–Trinajstić information content (AvgIpc) is 2.59. The largest absolute Gasteiger partial charge is 0.494 e. The maximum Gasteiger partial charge on any atom is 0.295 e. The van der Waals surface area contributed by atoms with Crippen molar-refractivity contribution >= 4 is 23.0 Å². The van der Waals surface area contributed by atoms with Crippen LogP contribution in [0.3, 0.4) is 0 Å². The zero-order valence-electron chi connectivity index (χ0n) is 15.3. The summed E-state index contributed by atoms with van der Waals surface area (Å²) in [6, 6.07) is 9.14. The van der Waals surface area contributed by atoms with Gasteiger partial charge in [0.2, 0.25) is 5.91 Å². The highest BCUT2D eigenvalue weighted by atomic mass is 19.1. The van der Waals surface area contributed by atoms with Crippen molar-refractivity contribution in [3.05, 3.63) is 57.9 Å². The number of rotatable bonds is 8. The maximum atomic E-state index is 13.7. The minimum atomic E-state index is -0.805. The van der Waals surface area contributed by atoms with Gasteiger partial charge in [0.15, 0.2) is 11.6 Å². The SMILES string of the molecule is COc1cc(NCc2cccc(NC(=O)CN(C)C)c2)c([N+](=O)[O-])cc1F. The summed E-state index contributed by atoms with van der Waals surface area (Å²) < 4.78 is 18.6. The van der Waals surface area contributed by atoms with E-state index in [1.54, 1.807) is 43.3 Å². The van der Waals surface area contributed by atoms with Crippen LogP contribution >= 0.6 is 0 Å². The van der Waals surface area contributed by atoms with Gasteiger partial charge in [0.25, 0.3) is 5.69 Å². The quantitative estimate of drug-likeness (QED) is 0.543. The zero-order chi connectivity index (χ0) is 20.0. The number of benzene rings is 2. The molecule has 0 aliphatic rings. The summed E-state index contributed by atoms with van der Waals surface area (Å²) in [6.07, 6.45) is 0. The van der Waals surface area contributed by atoms with Gasteiger partial charge in [0.05, 0.1) is 24.6 Å². The van der Waals surface area contributed by atoms with Crippen LogP contribution in [0.2, 0.25) is 0 Å². The predicted molar refractivity (Wildman–Crippen MR) is 101 cm³/mol. The van der Waals surface area contributed by atoms with Gasteiger partial charge in [-0.15, -0.1) is 0 Å². The first-order chi connectivity index (χ1) is 12.8. The Labute approximate surface area is 156 Å². The third-order valence-electron chi connectivity index (χ3n) is 3.62. The molecule has 8 nitrogen and oxygen atoms in total. The first-order valence-electron chi connectivity index (χ1n) is 8.09. The van der Waals surface area contributed by atoms with Crippen LogP contribution in [0.1, 0.15) is 5.56 Å². The van der Waals surface area contributed by atoms with Gasteiger partial charge in [-0.1, -0.05) is 12.1 Å². The normalized spacial score (nSPS) is 10.6. The number of methoxy groups -OCH3 is 1. The minimum Gasteiger partial charge on any atom is -0.494 e. The number of nitro groups is 1. The van der Waals surface area contributed by atoms with Crippen molar-refractivity contribution in [2.24, 2.45) is 0 Å². The van der Waals surface area contributed by atoms with Crippen LogP contribution in [0.15, 0.2) is 36.4 Å². The molecule has 2 aromatic carbocycles. The van der Waals surface area contributed by atoms with Gasteiger partial charge in [-0.25, -0.2) is 4.39 Å². The molecule has 0 saturated carbocycles. The lowest BCUT2D eigenvalue weighted by molar-refractivity contribution is -0.384. The highest BCUT2D eigenvalue weighted by Gasteiger charge is 2.19. The van der Waals surface area contributed by atoms with Crippen LogP contribution in [0.25, 0.3) is 0 Å². The topological polar surface area (TPSA) is 96.7 Å². The molecule has 0 heterocycles. The number of nitro benzene ring substituents is 1. The fraction of sp³-hybridized carbons (Fsp3) is 0.278. The van der Waals surface area contributed by atoms with Gasteiger partial charge >= 0.3 is 0 Å². The van der Waals surface area contributed by atoms with E-state index in [1.165, 1.54) is 13.2 Å². The highest BCUT2D eigenvalue weighted by Crippen LogP contribution is 2.32. The first kappa shape index (κ1) is 20.1. The zero-order valence-corrected chi connectivity index (χ0v) is 15.3. The lowest BCUT2D eigenvalue weighted by atomic mass is 10.2. The first-order valence-corrected chi connectivity index (χ1v) is 8.09. The number of hydrogen-bond acceptors (Lipinski definition) is 6. The standard InChI is InChI=1S/C18H21FN4O4/c1-22(2)11-18(24)21-13-6-4-5-12(7-13)10-20-15-9-17(27-3)14(19)8-16(15)23(25)26/h4-9,20H,10-11H2,1-3H3,(H,21,24). The Kier molecular flexibility index (Phi) is 6.67. The average molecular weight is 376 g/mol. The number of ether oxygens (including phenoxy) is 1. The third kappa shape index (κ3) is 5.65. The molecule has 0 atom stereocenters. The molecule has 9 heteroatoms. The molecule has 0 aliphatic heterocycles. The second-order valence-corrected chi connectivity index (χ2v) is 6.10. The molecule has 144 valence electrons. The smallest absolute Gasteiger partial charge is 0.295 e. The Morgan fingerprint density at radius 2 is 2.04 bits per heavy atom. The molecule has 0 fully saturated rings. The van der Waals surface area contributed by atoms with E-state index in [1.807, 2.05) is 0 Å². The van der Waals surface area contributed by atoms with Crippen molar-refractivity contribution < 1.29 is 18.8 Å². The number of anilines is 2. The number of hydrogen-bond donors (Lipinski definition) is 2. The summed E-state index contributed by atoms with van der Waals surface area (Å²) in [5.74, 6) is -1.04. The summed E-state index contributed by atoms with van der Waals surface area (Å²) in [7, 11) is 4.88. The van der Waals surface area contributed by atoms with Gasteiger partial charge in [0, 0.05) is 18.3 Å². The van der Waals surface area contributed by atoms with Crippen molar-refractivity contribution in [2.75, 3.05) is 38.4 Å². The van der Waals surface area contributed by atoms with Crippen molar-refractivity contribution in [3.8, 4) is 5.75 Å². The molecule has 0 aliphatic carbocycles. The van der Waals surface area contributed by atoms with E-state index >= 15 is 0 Å². The fourth-order valence-electron chi connectivity index (χ4n) is 2.44. The van der Waals surface area contributed by atoms with Crippen LogP contribution < -0.4 is 15.4 Å². The lowest BCUT2D eigenvalue weighted by Crippen LogP contribution is -2.27. The number of nitrogens with zero attached hydrogens (tertiary/aromatic N) is 2. The summed E-state index contributed by atoms with van der Waals surface area (Å²) in [6.45, 7) is 0.497. The van der Waals surface area contributed by atoms with E-state index in [0.29, 0.717) is 5.69 Å². The van der Waals surface area contributed by atoms with E-state index in [9.17, 15) is 19.3 Å². The van der Waals surface area contributed by atoms with E-state index < -0.39 is 10.7 Å². The monoisotopic (exact) mass is 376 g/mol. The third-order valence-corrected chi connectivity index (χ3v) is 3.62. The second-order valence-electron chi connectivity index (χ2n) is 6.10. The molecule has 0 radical (unpaired) electrons. The van der Waals surface area contributed by atoms with E-state index in [0.717, 1.165) is 11.6 Å². The van der Waals surface area contributed by atoms with E-state index in [2.05, 4.69) is 10.6 Å². The molecule has 0 aromatic heterocycles. The van der Waals surface area contributed by atoms with E-state index in [-0.39, 0.29) is 36.1 Å².